The number of fused-ring (bicyclic) bond motifs is 1. The predicted molar refractivity (Wildman–Crippen MR) is 48.3 cm³/mol. The Labute approximate surface area is 70.6 Å². The van der Waals surface area contributed by atoms with Crippen molar-refractivity contribution in [2.24, 2.45) is 0 Å². The molecular formula is C9H10N2O. The van der Waals surface area contributed by atoms with Crippen molar-refractivity contribution >= 4 is 16.8 Å². The fraction of sp³-hybridized carbons (Fsp3) is 0.222. The summed E-state index contributed by atoms with van der Waals surface area (Å²) in [6.45, 7) is 0. The van der Waals surface area contributed by atoms with Crippen LogP contribution >= 0.6 is 0 Å². The highest BCUT2D eigenvalue weighted by molar-refractivity contribution is 5.86. The second kappa shape index (κ2) is 2.52. The Morgan fingerprint density at radius 2 is 2.17 bits per heavy atom. The van der Waals surface area contributed by atoms with Crippen molar-refractivity contribution in [2.45, 2.75) is 0 Å². The molecule has 0 aliphatic heterocycles. The monoisotopic (exact) mass is 162 g/mol. The average molecular weight is 162 g/mol. The largest absolute Gasteiger partial charge is 0.443 e. The fourth-order valence-corrected chi connectivity index (χ4v) is 1.23. The van der Waals surface area contributed by atoms with Crippen LogP contribution in [0.4, 0.5) is 5.69 Å². The van der Waals surface area contributed by atoms with Gasteiger partial charge < -0.3 is 9.32 Å². The molecule has 1 aromatic carbocycles. The summed E-state index contributed by atoms with van der Waals surface area (Å²) in [6.07, 6.45) is 1.47. The van der Waals surface area contributed by atoms with E-state index in [0.717, 1.165) is 16.8 Å². The molecule has 3 nitrogen and oxygen atoms in total. The van der Waals surface area contributed by atoms with Gasteiger partial charge in [-0.2, -0.15) is 0 Å². The molecule has 62 valence electrons. The van der Waals surface area contributed by atoms with Gasteiger partial charge in [0.15, 0.2) is 12.0 Å². The van der Waals surface area contributed by atoms with E-state index < -0.39 is 0 Å². The van der Waals surface area contributed by atoms with Gasteiger partial charge in [-0.1, -0.05) is 6.07 Å². The van der Waals surface area contributed by atoms with Crippen molar-refractivity contribution in [1.82, 2.24) is 4.98 Å². The summed E-state index contributed by atoms with van der Waals surface area (Å²) >= 11 is 0. The van der Waals surface area contributed by atoms with Crippen molar-refractivity contribution in [3.05, 3.63) is 24.6 Å². The molecule has 0 bridgehead atoms. The molecule has 12 heavy (non-hydrogen) atoms. The normalized spacial score (nSPS) is 10.5. The molecule has 0 saturated heterocycles. The maximum atomic E-state index is 5.17. The first-order valence-electron chi connectivity index (χ1n) is 3.78. The van der Waals surface area contributed by atoms with Crippen LogP contribution in [-0.2, 0) is 0 Å². The molecule has 0 aliphatic carbocycles. The highest BCUT2D eigenvalue weighted by Gasteiger charge is 2.04. The molecule has 3 heteroatoms. The lowest BCUT2D eigenvalue weighted by Crippen LogP contribution is -2.08. The van der Waals surface area contributed by atoms with Crippen molar-refractivity contribution in [3.63, 3.8) is 0 Å². The van der Waals surface area contributed by atoms with Gasteiger partial charge in [-0.25, -0.2) is 4.98 Å². The predicted octanol–water partition coefficient (Wildman–Crippen LogP) is 1.89. The second-order valence-electron chi connectivity index (χ2n) is 2.87. The molecule has 0 spiro atoms. The fourth-order valence-electron chi connectivity index (χ4n) is 1.23. The van der Waals surface area contributed by atoms with Gasteiger partial charge in [0.2, 0.25) is 0 Å². The smallest absolute Gasteiger partial charge is 0.182 e. The maximum absolute atomic E-state index is 5.17. The number of para-hydroxylation sites is 1. The van der Waals surface area contributed by atoms with Crippen molar-refractivity contribution < 1.29 is 4.42 Å². The molecule has 0 saturated carbocycles. The Morgan fingerprint density at radius 1 is 1.33 bits per heavy atom. The first-order valence-corrected chi connectivity index (χ1v) is 3.78. The van der Waals surface area contributed by atoms with Gasteiger partial charge in [-0.05, 0) is 12.1 Å². The number of anilines is 1. The van der Waals surface area contributed by atoms with Gasteiger partial charge in [0, 0.05) is 14.1 Å². The first-order chi connectivity index (χ1) is 5.79. The van der Waals surface area contributed by atoms with Crippen molar-refractivity contribution in [1.29, 1.82) is 0 Å². The van der Waals surface area contributed by atoms with Crippen LogP contribution in [0.15, 0.2) is 29.0 Å². The summed E-state index contributed by atoms with van der Waals surface area (Å²) in [5.41, 5.74) is 2.84. The van der Waals surface area contributed by atoms with E-state index in [1.165, 1.54) is 6.39 Å². The summed E-state index contributed by atoms with van der Waals surface area (Å²) in [4.78, 5) is 6.15. The van der Waals surface area contributed by atoms with E-state index in [-0.39, 0.29) is 0 Å². The van der Waals surface area contributed by atoms with Gasteiger partial charge >= 0.3 is 0 Å². The molecule has 0 amide bonds. The number of nitrogens with zero attached hydrogens (tertiary/aromatic N) is 2. The van der Waals surface area contributed by atoms with E-state index in [1.807, 2.05) is 37.2 Å². The number of rotatable bonds is 1. The number of hydrogen-bond acceptors (Lipinski definition) is 3. The van der Waals surface area contributed by atoms with Crippen LogP contribution in [0.3, 0.4) is 0 Å². The number of hydrogen-bond donors (Lipinski definition) is 0. The number of aromatic nitrogens is 1. The standard InChI is InChI=1S/C9H10N2O/c1-11(2)7-4-3-5-8-9(7)10-6-12-8/h3-6H,1-2H3. The lowest BCUT2D eigenvalue weighted by Gasteiger charge is -2.11. The Kier molecular flexibility index (Phi) is 1.50. The molecular weight excluding hydrogens is 152 g/mol. The summed E-state index contributed by atoms with van der Waals surface area (Å²) in [6, 6.07) is 5.89. The Balaban J connectivity index is 2.73. The Hall–Kier alpha value is -1.51. The molecule has 1 aromatic heterocycles. The van der Waals surface area contributed by atoms with Crippen LogP contribution in [0.25, 0.3) is 11.1 Å². The SMILES string of the molecule is CN(C)c1cccc2ocnc12. The lowest BCUT2D eigenvalue weighted by atomic mass is 10.2. The molecule has 0 atom stereocenters. The molecule has 0 aliphatic rings. The zero-order valence-corrected chi connectivity index (χ0v) is 7.11. The Bertz CT molecular complexity index is 392. The molecule has 0 unspecified atom stereocenters. The van der Waals surface area contributed by atoms with E-state index in [1.54, 1.807) is 0 Å². The van der Waals surface area contributed by atoms with Gasteiger partial charge in [-0.15, -0.1) is 0 Å². The zero-order valence-electron chi connectivity index (χ0n) is 7.11. The summed E-state index contributed by atoms with van der Waals surface area (Å²) in [5.74, 6) is 0. The minimum absolute atomic E-state index is 0.834. The van der Waals surface area contributed by atoms with Gasteiger partial charge in [0.25, 0.3) is 0 Å². The van der Waals surface area contributed by atoms with Crippen molar-refractivity contribution in [2.75, 3.05) is 19.0 Å². The maximum Gasteiger partial charge on any atom is 0.182 e. The summed E-state index contributed by atoms with van der Waals surface area (Å²) in [5, 5.41) is 0. The highest BCUT2D eigenvalue weighted by atomic mass is 16.3. The van der Waals surface area contributed by atoms with Crippen molar-refractivity contribution in [3.8, 4) is 0 Å². The average Bonchev–Trinajstić information content (AvgIpc) is 2.49. The Morgan fingerprint density at radius 3 is 2.92 bits per heavy atom. The summed E-state index contributed by atoms with van der Waals surface area (Å²) in [7, 11) is 3.98. The molecule has 1 heterocycles. The van der Waals surface area contributed by atoms with Gasteiger partial charge in [-0.3, -0.25) is 0 Å². The molecule has 0 N–H and O–H groups in total. The molecule has 0 radical (unpaired) electrons. The van der Waals surface area contributed by atoms with Crippen LogP contribution in [0, 0.1) is 0 Å². The van der Waals surface area contributed by atoms with Gasteiger partial charge in [0.1, 0.15) is 5.52 Å². The van der Waals surface area contributed by atoms with Crippen LogP contribution in [-0.4, -0.2) is 19.1 Å². The third-order valence-electron chi connectivity index (χ3n) is 1.82. The van der Waals surface area contributed by atoms with Crippen LogP contribution in [0.2, 0.25) is 0 Å². The number of benzene rings is 1. The van der Waals surface area contributed by atoms with Crippen LogP contribution in [0.5, 0.6) is 0 Å². The molecule has 0 fully saturated rings. The summed E-state index contributed by atoms with van der Waals surface area (Å²) < 4.78 is 5.17. The molecule has 2 aromatic rings. The molecule has 2 rings (SSSR count). The van der Waals surface area contributed by atoms with Crippen LogP contribution in [0.1, 0.15) is 0 Å². The number of oxazole rings is 1. The zero-order chi connectivity index (χ0) is 8.55. The highest BCUT2D eigenvalue weighted by Crippen LogP contribution is 2.23. The van der Waals surface area contributed by atoms with Gasteiger partial charge in [0.05, 0.1) is 5.69 Å². The van der Waals surface area contributed by atoms with E-state index in [4.69, 9.17) is 4.42 Å². The van der Waals surface area contributed by atoms with Crippen LogP contribution < -0.4 is 4.90 Å². The minimum Gasteiger partial charge on any atom is -0.443 e. The third kappa shape index (κ3) is 0.942. The van der Waals surface area contributed by atoms with E-state index in [0.29, 0.717) is 0 Å². The van der Waals surface area contributed by atoms with E-state index in [2.05, 4.69) is 4.98 Å². The van der Waals surface area contributed by atoms with E-state index >= 15 is 0 Å². The van der Waals surface area contributed by atoms with E-state index in [9.17, 15) is 0 Å². The second-order valence-corrected chi connectivity index (χ2v) is 2.87. The minimum atomic E-state index is 0.834. The quantitative estimate of drug-likeness (QED) is 0.641. The first kappa shape index (κ1) is 7.16. The topological polar surface area (TPSA) is 29.3 Å². The lowest BCUT2D eigenvalue weighted by molar-refractivity contribution is 0.602. The third-order valence-corrected chi connectivity index (χ3v) is 1.82.